The third kappa shape index (κ3) is 4.59. The van der Waals surface area contributed by atoms with E-state index in [4.69, 9.17) is 4.74 Å². The summed E-state index contributed by atoms with van der Waals surface area (Å²) in [5.74, 6) is 1.43. The van der Waals surface area contributed by atoms with Gasteiger partial charge in [0.15, 0.2) is 0 Å². The molecule has 142 valence electrons. The van der Waals surface area contributed by atoms with Crippen LogP contribution in [0, 0.1) is 0 Å². The number of carbonyl (C=O) groups excluding carboxylic acids is 1. The van der Waals surface area contributed by atoms with Crippen LogP contribution in [0.3, 0.4) is 0 Å². The number of carbonyl (C=O) groups is 1. The van der Waals surface area contributed by atoms with Gasteiger partial charge in [0.1, 0.15) is 17.5 Å². The second-order valence-corrected chi connectivity index (χ2v) is 7.53. The van der Waals surface area contributed by atoms with E-state index in [1.165, 1.54) is 0 Å². The third-order valence-corrected chi connectivity index (χ3v) is 5.12. The van der Waals surface area contributed by atoms with Gasteiger partial charge in [0.05, 0.1) is 0 Å². The summed E-state index contributed by atoms with van der Waals surface area (Å²) in [4.78, 5) is 12.6. The van der Waals surface area contributed by atoms with Crippen LogP contribution in [0.15, 0.2) is 83.3 Å². The Labute approximate surface area is 172 Å². The van der Waals surface area contributed by atoms with E-state index in [2.05, 4.69) is 44.2 Å². The standard InChI is InChI=1S/C22H20BrN3O2/c23-16-8-6-15(7-9-16)20-14-21(26-25-20)22(27)24-17-10-12-19(13-11-17)28-18-4-2-1-3-5-18/h1-13,20-21,25-26H,14H2,(H,24,27). The number of nitrogens with one attached hydrogen (secondary N) is 3. The van der Waals surface area contributed by atoms with Crippen molar-refractivity contribution in [2.24, 2.45) is 0 Å². The molecule has 1 saturated heterocycles. The molecule has 1 amide bonds. The molecule has 3 aromatic carbocycles. The molecule has 2 atom stereocenters. The Hall–Kier alpha value is -2.67. The van der Waals surface area contributed by atoms with Gasteiger partial charge in [-0.2, -0.15) is 0 Å². The fraction of sp³-hybridized carbons (Fsp3) is 0.136. The molecule has 0 aromatic heterocycles. The van der Waals surface area contributed by atoms with Crippen molar-refractivity contribution in [1.82, 2.24) is 10.9 Å². The number of ether oxygens (including phenoxy) is 1. The van der Waals surface area contributed by atoms with E-state index in [-0.39, 0.29) is 18.0 Å². The lowest BCUT2D eigenvalue weighted by Gasteiger charge is -2.12. The number of halogens is 1. The average Bonchev–Trinajstić information content (AvgIpc) is 3.21. The van der Waals surface area contributed by atoms with E-state index in [1.54, 1.807) is 0 Å². The lowest BCUT2D eigenvalue weighted by Crippen LogP contribution is -2.39. The molecular weight excluding hydrogens is 418 g/mol. The first-order valence-electron chi connectivity index (χ1n) is 9.08. The van der Waals surface area contributed by atoms with Crippen molar-refractivity contribution in [3.8, 4) is 11.5 Å². The van der Waals surface area contributed by atoms with Crippen molar-refractivity contribution in [1.29, 1.82) is 0 Å². The number of para-hydroxylation sites is 1. The van der Waals surface area contributed by atoms with Crippen LogP contribution >= 0.6 is 15.9 Å². The number of rotatable bonds is 5. The number of amides is 1. The van der Waals surface area contributed by atoms with Gasteiger partial charge in [0, 0.05) is 16.2 Å². The molecule has 1 heterocycles. The fourth-order valence-electron chi connectivity index (χ4n) is 3.10. The summed E-state index contributed by atoms with van der Waals surface area (Å²) >= 11 is 3.44. The smallest absolute Gasteiger partial charge is 0.242 e. The van der Waals surface area contributed by atoms with E-state index < -0.39 is 0 Å². The minimum Gasteiger partial charge on any atom is -0.457 e. The minimum absolute atomic E-state index is 0.0659. The van der Waals surface area contributed by atoms with Crippen molar-refractivity contribution in [3.63, 3.8) is 0 Å². The SMILES string of the molecule is O=C(Nc1ccc(Oc2ccccc2)cc1)C1CC(c2ccc(Br)cc2)NN1. The van der Waals surface area contributed by atoms with Crippen molar-refractivity contribution in [2.45, 2.75) is 18.5 Å². The maximum Gasteiger partial charge on any atom is 0.242 e. The Morgan fingerprint density at radius 2 is 1.57 bits per heavy atom. The molecule has 1 aliphatic rings. The predicted octanol–water partition coefficient (Wildman–Crippen LogP) is 4.79. The molecule has 0 bridgehead atoms. The molecule has 4 rings (SSSR count). The topological polar surface area (TPSA) is 62.4 Å². The highest BCUT2D eigenvalue weighted by Crippen LogP contribution is 2.25. The Morgan fingerprint density at radius 3 is 2.29 bits per heavy atom. The van der Waals surface area contributed by atoms with Gasteiger partial charge in [-0.15, -0.1) is 0 Å². The average molecular weight is 438 g/mol. The molecule has 6 heteroatoms. The van der Waals surface area contributed by atoms with Gasteiger partial charge in [-0.3, -0.25) is 4.79 Å². The van der Waals surface area contributed by atoms with E-state index in [9.17, 15) is 4.79 Å². The molecule has 0 radical (unpaired) electrons. The maximum absolute atomic E-state index is 12.6. The Bertz CT molecular complexity index is 930. The second kappa shape index (κ2) is 8.56. The van der Waals surface area contributed by atoms with Crippen LogP contribution in [-0.4, -0.2) is 11.9 Å². The van der Waals surface area contributed by atoms with Crippen molar-refractivity contribution in [3.05, 3.63) is 88.9 Å². The fourth-order valence-corrected chi connectivity index (χ4v) is 3.37. The van der Waals surface area contributed by atoms with Crippen LogP contribution in [0.25, 0.3) is 0 Å². The maximum atomic E-state index is 12.6. The molecule has 0 saturated carbocycles. The summed E-state index contributed by atoms with van der Waals surface area (Å²) in [6.07, 6.45) is 0.683. The zero-order chi connectivity index (χ0) is 19.3. The Balaban J connectivity index is 1.33. The Kier molecular flexibility index (Phi) is 5.71. The molecule has 28 heavy (non-hydrogen) atoms. The number of hydrogen-bond donors (Lipinski definition) is 3. The van der Waals surface area contributed by atoms with Crippen LogP contribution in [0.1, 0.15) is 18.0 Å². The summed E-state index contributed by atoms with van der Waals surface area (Å²) in [5, 5.41) is 2.95. The van der Waals surface area contributed by atoms with Crippen LogP contribution < -0.4 is 20.9 Å². The monoisotopic (exact) mass is 437 g/mol. The van der Waals surface area contributed by atoms with Crippen LogP contribution in [0.2, 0.25) is 0 Å². The predicted molar refractivity (Wildman–Crippen MR) is 113 cm³/mol. The normalized spacial score (nSPS) is 18.6. The highest BCUT2D eigenvalue weighted by Gasteiger charge is 2.30. The quantitative estimate of drug-likeness (QED) is 0.536. The summed E-state index contributed by atoms with van der Waals surface area (Å²) in [5.41, 5.74) is 8.17. The lowest BCUT2D eigenvalue weighted by molar-refractivity contribution is -0.117. The molecule has 0 aliphatic carbocycles. The van der Waals surface area contributed by atoms with Crippen LogP contribution in [0.4, 0.5) is 5.69 Å². The van der Waals surface area contributed by atoms with E-state index in [1.807, 2.05) is 66.7 Å². The zero-order valence-electron chi connectivity index (χ0n) is 15.1. The van der Waals surface area contributed by atoms with Gasteiger partial charge in [-0.1, -0.05) is 46.3 Å². The molecule has 0 spiro atoms. The Morgan fingerprint density at radius 1 is 0.893 bits per heavy atom. The van der Waals surface area contributed by atoms with E-state index >= 15 is 0 Å². The van der Waals surface area contributed by atoms with Gasteiger partial charge in [-0.05, 0) is 60.5 Å². The molecule has 1 fully saturated rings. The van der Waals surface area contributed by atoms with Gasteiger partial charge in [-0.25, -0.2) is 10.9 Å². The third-order valence-electron chi connectivity index (χ3n) is 4.59. The molecule has 1 aliphatic heterocycles. The van der Waals surface area contributed by atoms with E-state index in [0.29, 0.717) is 6.42 Å². The van der Waals surface area contributed by atoms with E-state index in [0.717, 1.165) is 27.2 Å². The molecule has 5 nitrogen and oxygen atoms in total. The number of anilines is 1. The number of hydrazine groups is 1. The molecule has 3 aromatic rings. The molecular formula is C22H20BrN3O2. The summed E-state index contributed by atoms with van der Waals surface area (Å²) in [6.45, 7) is 0. The highest BCUT2D eigenvalue weighted by molar-refractivity contribution is 9.10. The van der Waals surface area contributed by atoms with Gasteiger partial charge in [0.2, 0.25) is 5.91 Å². The first-order valence-corrected chi connectivity index (χ1v) is 9.87. The molecule has 2 unspecified atom stereocenters. The van der Waals surface area contributed by atoms with Gasteiger partial charge >= 0.3 is 0 Å². The summed E-state index contributed by atoms with van der Waals surface area (Å²) < 4.78 is 6.81. The molecule has 3 N–H and O–H groups in total. The van der Waals surface area contributed by atoms with Crippen molar-refractivity contribution >= 4 is 27.5 Å². The number of benzene rings is 3. The van der Waals surface area contributed by atoms with Gasteiger partial charge in [0.25, 0.3) is 0 Å². The zero-order valence-corrected chi connectivity index (χ0v) is 16.6. The van der Waals surface area contributed by atoms with Crippen molar-refractivity contribution < 1.29 is 9.53 Å². The lowest BCUT2D eigenvalue weighted by atomic mass is 10.0. The van der Waals surface area contributed by atoms with Crippen LogP contribution in [0.5, 0.6) is 11.5 Å². The van der Waals surface area contributed by atoms with Gasteiger partial charge < -0.3 is 10.1 Å². The van der Waals surface area contributed by atoms with Crippen LogP contribution in [-0.2, 0) is 4.79 Å². The first-order chi connectivity index (χ1) is 13.7. The highest BCUT2D eigenvalue weighted by atomic mass is 79.9. The largest absolute Gasteiger partial charge is 0.457 e. The minimum atomic E-state index is -0.297. The van der Waals surface area contributed by atoms with Crippen molar-refractivity contribution in [2.75, 3.05) is 5.32 Å². The number of hydrogen-bond acceptors (Lipinski definition) is 4. The second-order valence-electron chi connectivity index (χ2n) is 6.61. The summed E-state index contributed by atoms with van der Waals surface area (Å²) in [7, 11) is 0. The summed E-state index contributed by atoms with van der Waals surface area (Å²) in [6, 6.07) is 24.9. The first kappa shape index (κ1) is 18.7.